The molecule has 0 N–H and O–H groups in total. The standard InChI is InChI=1S/C11H11F3INO2S/c1-7-5-9(15)8-3-2-4-16(10(8)6-7)19(17,18)11(12,13)14/h5-6H,2-4H2,1H3. The number of rotatable bonds is 1. The molecule has 1 aliphatic heterocycles. The van der Waals surface area contributed by atoms with Gasteiger partial charge in [-0.05, 0) is 65.6 Å². The molecular weight excluding hydrogens is 394 g/mol. The topological polar surface area (TPSA) is 37.4 Å². The van der Waals surface area contributed by atoms with E-state index in [0.29, 0.717) is 22.7 Å². The molecule has 106 valence electrons. The first-order chi connectivity index (χ1) is 8.64. The highest BCUT2D eigenvalue weighted by Gasteiger charge is 2.51. The summed E-state index contributed by atoms with van der Waals surface area (Å²) in [6.45, 7) is 1.60. The van der Waals surface area contributed by atoms with E-state index in [1.165, 1.54) is 6.07 Å². The third-order valence-electron chi connectivity index (χ3n) is 2.96. The summed E-state index contributed by atoms with van der Waals surface area (Å²) < 4.78 is 62.5. The average molecular weight is 405 g/mol. The van der Waals surface area contributed by atoms with Crippen molar-refractivity contribution >= 4 is 38.3 Å². The van der Waals surface area contributed by atoms with Gasteiger partial charge in [0.25, 0.3) is 0 Å². The number of benzene rings is 1. The first kappa shape index (κ1) is 14.9. The largest absolute Gasteiger partial charge is 0.516 e. The lowest BCUT2D eigenvalue weighted by molar-refractivity contribution is -0.0438. The number of hydrogen-bond donors (Lipinski definition) is 0. The van der Waals surface area contributed by atoms with Crippen molar-refractivity contribution in [1.82, 2.24) is 0 Å². The van der Waals surface area contributed by atoms with E-state index in [4.69, 9.17) is 0 Å². The van der Waals surface area contributed by atoms with E-state index >= 15 is 0 Å². The van der Waals surface area contributed by atoms with Crippen LogP contribution in [0.4, 0.5) is 18.9 Å². The summed E-state index contributed by atoms with van der Waals surface area (Å²) >= 11 is 2.03. The zero-order chi connectivity index (χ0) is 14.4. The zero-order valence-electron chi connectivity index (χ0n) is 9.96. The first-order valence-electron chi connectivity index (χ1n) is 5.52. The predicted molar refractivity (Wildman–Crippen MR) is 74.5 cm³/mol. The fourth-order valence-corrected chi connectivity index (χ4v) is 4.20. The number of anilines is 1. The Balaban J connectivity index is 2.61. The van der Waals surface area contributed by atoms with Gasteiger partial charge >= 0.3 is 15.5 Å². The van der Waals surface area contributed by atoms with Crippen LogP contribution >= 0.6 is 22.6 Å². The normalized spacial score (nSPS) is 16.4. The second-order valence-corrected chi connectivity index (χ2v) is 7.39. The molecule has 0 radical (unpaired) electrons. The highest BCUT2D eigenvalue weighted by molar-refractivity contribution is 14.1. The Kier molecular flexibility index (Phi) is 3.76. The van der Waals surface area contributed by atoms with Gasteiger partial charge in [-0.25, -0.2) is 0 Å². The van der Waals surface area contributed by atoms with Gasteiger partial charge in [0.05, 0.1) is 5.69 Å². The SMILES string of the molecule is Cc1cc(I)c2c(c1)N(S(=O)(=O)C(F)(F)F)CCC2. The van der Waals surface area contributed by atoms with Gasteiger partial charge < -0.3 is 0 Å². The van der Waals surface area contributed by atoms with E-state index < -0.39 is 15.5 Å². The van der Waals surface area contributed by atoms with Crippen LogP contribution in [0.2, 0.25) is 0 Å². The van der Waals surface area contributed by atoms with Crippen LogP contribution in [0.15, 0.2) is 12.1 Å². The Hall–Kier alpha value is -0.510. The molecular formula is C11H11F3INO2S. The molecule has 0 saturated carbocycles. The molecule has 3 nitrogen and oxygen atoms in total. The van der Waals surface area contributed by atoms with E-state index in [1.54, 1.807) is 6.92 Å². The van der Waals surface area contributed by atoms with Crippen LogP contribution < -0.4 is 4.31 Å². The fraction of sp³-hybridized carbons (Fsp3) is 0.455. The van der Waals surface area contributed by atoms with Crippen molar-refractivity contribution < 1.29 is 21.6 Å². The third-order valence-corrected chi connectivity index (χ3v) is 5.46. The third kappa shape index (κ3) is 2.56. The average Bonchev–Trinajstić information content (AvgIpc) is 2.26. The lowest BCUT2D eigenvalue weighted by Crippen LogP contribution is -2.43. The Morgan fingerprint density at radius 2 is 1.95 bits per heavy atom. The van der Waals surface area contributed by atoms with E-state index in [-0.39, 0.29) is 12.2 Å². The molecule has 2 rings (SSSR count). The molecule has 1 aromatic carbocycles. The van der Waals surface area contributed by atoms with Crippen molar-refractivity contribution in [3.8, 4) is 0 Å². The lowest BCUT2D eigenvalue weighted by atomic mass is 10.0. The molecule has 0 aliphatic carbocycles. The molecule has 0 unspecified atom stereocenters. The maximum absolute atomic E-state index is 12.7. The molecule has 0 atom stereocenters. The molecule has 19 heavy (non-hydrogen) atoms. The first-order valence-corrected chi connectivity index (χ1v) is 8.04. The Bertz CT molecular complexity index is 613. The van der Waals surface area contributed by atoms with Gasteiger partial charge in [0.1, 0.15) is 0 Å². The Labute approximate surface area is 123 Å². The van der Waals surface area contributed by atoms with E-state index in [0.717, 1.165) is 9.13 Å². The van der Waals surface area contributed by atoms with Crippen molar-refractivity contribution in [2.75, 3.05) is 10.8 Å². The highest BCUT2D eigenvalue weighted by Crippen LogP contribution is 2.38. The van der Waals surface area contributed by atoms with E-state index in [9.17, 15) is 21.6 Å². The van der Waals surface area contributed by atoms with Crippen LogP contribution in [0, 0.1) is 10.5 Å². The molecule has 0 saturated heterocycles. The smallest absolute Gasteiger partial charge is 0.262 e. The van der Waals surface area contributed by atoms with E-state index in [1.807, 2.05) is 28.7 Å². The number of nitrogens with zero attached hydrogens (tertiary/aromatic N) is 1. The Morgan fingerprint density at radius 3 is 2.53 bits per heavy atom. The predicted octanol–water partition coefficient (Wildman–Crippen LogP) is 3.20. The monoisotopic (exact) mass is 405 g/mol. The molecule has 0 aromatic heterocycles. The van der Waals surface area contributed by atoms with Gasteiger partial charge in [-0.15, -0.1) is 0 Å². The molecule has 0 spiro atoms. The summed E-state index contributed by atoms with van der Waals surface area (Å²) in [6, 6.07) is 3.34. The quantitative estimate of drug-likeness (QED) is 0.674. The van der Waals surface area contributed by atoms with Crippen molar-refractivity contribution in [1.29, 1.82) is 0 Å². The number of sulfonamides is 1. The molecule has 1 heterocycles. The second-order valence-electron chi connectivity index (χ2n) is 4.37. The highest BCUT2D eigenvalue weighted by atomic mass is 127. The molecule has 0 bridgehead atoms. The minimum absolute atomic E-state index is 0.131. The second kappa shape index (κ2) is 4.80. The Morgan fingerprint density at radius 1 is 1.32 bits per heavy atom. The summed E-state index contributed by atoms with van der Waals surface area (Å²) in [5.74, 6) is 0. The van der Waals surface area contributed by atoms with E-state index in [2.05, 4.69) is 0 Å². The molecule has 0 fully saturated rings. The molecule has 0 amide bonds. The summed E-state index contributed by atoms with van der Waals surface area (Å²) in [5.41, 5.74) is -3.69. The molecule has 1 aromatic rings. The number of fused-ring (bicyclic) bond motifs is 1. The number of aryl methyl sites for hydroxylation is 1. The van der Waals surface area contributed by atoms with Crippen LogP contribution in [-0.4, -0.2) is 20.5 Å². The van der Waals surface area contributed by atoms with Crippen LogP contribution in [0.5, 0.6) is 0 Å². The fourth-order valence-electron chi connectivity index (χ4n) is 2.12. The number of halogens is 4. The van der Waals surface area contributed by atoms with Crippen molar-refractivity contribution in [3.63, 3.8) is 0 Å². The zero-order valence-corrected chi connectivity index (χ0v) is 12.9. The summed E-state index contributed by atoms with van der Waals surface area (Å²) in [5, 5.41) is 0. The van der Waals surface area contributed by atoms with Gasteiger partial charge in [0.15, 0.2) is 0 Å². The number of hydrogen-bond acceptors (Lipinski definition) is 2. The minimum atomic E-state index is -5.32. The van der Waals surface area contributed by atoms with Crippen molar-refractivity contribution in [2.24, 2.45) is 0 Å². The minimum Gasteiger partial charge on any atom is -0.262 e. The van der Waals surface area contributed by atoms with Crippen molar-refractivity contribution in [3.05, 3.63) is 26.8 Å². The molecule has 8 heteroatoms. The summed E-state index contributed by atoms with van der Waals surface area (Å²) in [4.78, 5) is 0. The lowest BCUT2D eigenvalue weighted by Gasteiger charge is -2.31. The molecule has 1 aliphatic rings. The van der Waals surface area contributed by atoms with Crippen LogP contribution in [0.1, 0.15) is 17.5 Å². The van der Waals surface area contributed by atoms with Crippen molar-refractivity contribution in [2.45, 2.75) is 25.3 Å². The number of alkyl halides is 3. The van der Waals surface area contributed by atoms with Gasteiger partial charge in [-0.2, -0.15) is 21.6 Å². The summed E-state index contributed by atoms with van der Waals surface area (Å²) in [6.07, 6.45) is 0.985. The summed E-state index contributed by atoms with van der Waals surface area (Å²) in [7, 11) is -5.32. The maximum atomic E-state index is 12.7. The van der Waals surface area contributed by atoms with Gasteiger partial charge in [0.2, 0.25) is 0 Å². The van der Waals surface area contributed by atoms with Crippen LogP contribution in [-0.2, 0) is 16.4 Å². The van der Waals surface area contributed by atoms with Gasteiger partial charge in [-0.1, -0.05) is 0 Å². The van der Waals surface area contributed by atoms with Gasteiger partial charge in [0, 0.05) is 10.1 Å². The van der Waals surface area contributed by atoms with Crippen LogP contribution in [0.25, 0.3) is 0 Å². The maximum Gasteiger partial charge on any atom is 0.516 e. The van der Waals surface area contributed by atoms with Crippen LogP contribution in [0.3, 0.4) is 0 Å². The van der Waals surface area contributed by atoms with Gasteiger partial charge in [-0.3, -0.25) is 4.31 Å².